The summed E-state index contributed by atoms with van der Waals surface area (Å²) in [6.45, 7) is 1.39. The van der Waals surface area contributed by atoms with Gasteiger partial charge in [0.25, 0.3) is 5.91 Å². The van der Waals surface area contributed by atoms with Gasteiger partial charge in [0, 0.05) is 6.26 Å². The average molecular weight is 412 g/mol. The van der Waals surface area contributed by atoms with E-state index in [-0.39, 0.29) is 15.5 Å². The fourth-order valence-electron chi connectivity index (χ4n) is 2.15. The molecule has 0 fully saturated rings. The van der Waals surface area contributed by atoms with Crippen molar-refractivity contribution in [3.8, 4) is 5.75 Å². The largest absolute Gasteiger partial charge is 0.495 e. The van der Waals surface area contributed by atoms with Crippen molar-refractivity contribution in [2.45, 2.75) is 17.9 Å². The highest BCUT2D eigenvalue weighted by Crippen LogP contribution is 2.24. The minimum atomic E-state index is -3.53. The standard InChI is InChI=1S/C18H18ClNO6S/c1-11(17(21)20-15-6-4-5-7-16(15)25-2)26-18(22)13-10-12(27(3,23)24)8-9-14(13)19/h4-11H,1-3H3,(H,20,21)/t11-/m1/s1. The molecule has 9 heteroatoms. The fourth-order valence-corrected chi connectivity index (χ4v) is 2.99. The Morgan fingerprint density at radius 3 is 2.44 bits per heavy atom. The number of carbonyl (C=O) groups is 2. The van der Waals surface area contributed by atoms with Gasteiger partial charge in [0.2, 0.25) is 0 Å². The average Bonchev–Trinajstić information content (AvgIpc) is 2.61. The van der Waals surface area contributed by atoms with Crippen LogP contribution in [0.3, 0.4) is 0 Å². The summed E-state index contributed by atoms with van der Waals surface area (Å²) < 4.78 is 33.5. The van der Waals surface area contributed by atoms with E-state index >= 15 is 0 Å². The number of carbonyl (C=O) groups excluding carboxylic acids is 2. The molecule has 0 aliphatic heterocycles. The first-order valence-corrected chi connectivity index (χ1v) is 10.0. The highest BCUT2D eigenvalue weighted by molar-refractivity contribution is 7.90. The summed E-state index contributed by atoms with van der Waals surface area (Å²) in [6.07, 6.45) is -0.144. The van der Waals surface area contributed by atoms with Crippen molar-refractivity contribution in [1.82, 2.24) is 0 Å². The molecular formula is C18H18ClNO6S. The predicted molar refractivity (Wildman–Crippen MR) is 101 cm³/mol. The first kappa shape index (κ1) is 20.7. The number of benzene rings is 2. The quantitative estimate of drug-likeness (QED) is 0.734. The molecule has 7 nitrogen and oxygen atoms in total. The van der Waals surface area contributed by atoms with Gasteiger partial charge in [0.05, 0.1) is 28.3 Å². The van der Waals surface area contributed by atoms with Gasteiger partial charge in [-0.25, -0.2) is 13.2 Å². The van der Waals surface area contributed by atoms with Crippen LogP contribution >= 0.6 is 11.6 Å². The van der Waals surface area contributed by atoms with E-state index in [1.165, 1.54) is 26.2 Å². The van der Waals surface area contributed by atoms with E-state index in [1.54, 1.807) is 24.3 Å². The molecule has 1 N–H and O–H groups in total. The highest BCUT2D eigenvalue weighted by Gasteiger charge is 2.23. The Hall–Kier alpha value is -2.58. The van der Waals surface area contributed by atoms with Gasteiger partial charge in [-0.3, -0.25) is 4.79 Å². The molecule has 2 rings (SSSR count). The Morgan fingerprint density at radius 1 is 1.15 bits per heavy atom. The van der Waals surface area contributed by atoms with Crippen molar-refractivity contribution in [2.75, 3.05) is 18.7 Å². The number of halogens is 1. The second kappa shape index (κ2) is 8.41. The van der Waals surface area contributed by atoms with Crippen LogP contribution in [0.1, 0.15) is 17.3 Å². The van der Waals surface area contributed by atoms with Crippen LogP contribution < -0.4 is 10.1 Å². The van der Waals surface area contributed by atoms with E-state index < -0.39 is 27.8 Å². The maximum absolute atomic E-state index is 12.3. The fraction of sp³-hybridized carbons (Fsp3) is 0.222. The number of anilines is 1. The van der Waals surface area contributed by atoms with Crippen molar-refractivity contribution in [3.05, 3.63) is 53.1 Å². The Balaban J connectivity index is 2.14. The summed E-state index contributed by atoms with van der Waals surface area (Å²) in [5, 5.41) is 2.62. The van der Waals surface area contributed by atoms with Gasteiger partial charge >= 0.3 is 5.97 Å². The van der Waals surface area contributed by atoms with E-state index in [9.17, 15) is 18.0 Å². The van der Waals surface area contributed by atoms with Gasteiger partial charge < -0.3 is 14.8 Å². The SMILES string of the molecule is COc1ccccc1NC(=O)[C@@H](C)OC(=O)c1cc(S(C)(=O)=O)ccc1Cl. The van der Waals surface area contributed by atoms with Gasteiger partial charge in [-0.2, -0.15) is 0 Å². The summed E-state index contributed by atoms with van der Waals surface area (Å²) in [6, 6.07) is 10.5. The first-order valence-electron chi connectivity index (χ1n) is 7.78. The zero-order valence-corrected chi connectivity index (χ0v) is 16.4. The number of rotatable bonds is 6. The monoisotopic (exact) mass is 411 g/mol. The molecule has 144 valence electrons. The van der Waals surface area contributed by atoms with Gasteiger partial charge in [0.1, 0.15) is 5.75 Å². The Labute approximate surface area is 162 Å². The minimum absolute atomic E-state index is 0.0183. The zero-order chi connectivity index (χ0) is 20.2. The van der Waals surface area contributed by atoms with Gasteiger partial charge in [-0.15, -0.1) is 0 Å². The number of ether oxygens (including phenoxy) is 2. The van der Waals surface area contributed by atoms with Crippen LogP contribution in [0.15, 0.2) is 47.4 Å². The Kier molecular flexibility index (Phi) is 6.45. The Bertz CT molecular complexity index is 974. The van der Waals surface area contributed by atoms with Crippen LogP contribution in [0.4, 0.5) is 5.69 Å². The van der Waals surface area contributed by atoms with Crippen molar-refractivity contribution >= 4 is 39.0 Å². The molecule has 27 heavy (non-hydrogen) atoms. The highest BCUT2D eigenvalue weighted by atomic mass is 35.5. The number of esters is 1. The van der Waals surface area contributed by atoms with Gasteiger partial charge in [0.15, 0.2) is 15.9 Å². The minimum Gasteiger partial charge on any atom is -0.495 e. The molecule has 0 unspecified atom stereocenters. The third kappa shape index (κ3) is 5.21. The lowest BCUT2D eigenvalue weighted by molar-refractivity contribution is -0.123. The number of amides is 1. The van der Waals surface area contributed by atoms with E-state index in [0.29, 0.717) is 11.4 Å². The number of hydrogen-bond acceptors (Lipinski definition) is 6. The summed E-state index contributed by atoms with van der Waals surface area (Å²) in [5.41, 5.74) is 0.279. The van der Waals surface area contributed by atoms with Gasteiger partial charge in [-0.1, -0.05) is 23.7 Å². The normalized spacial score (nSPS) is 12.1. The number of methoxy groups -OCH3 is 1. The van der Waals surface area contributed by atoms with E-state index in [2.05, 4.69) is 5.32 Å². The lowest BCUT2D eigenvalue weighted by Gasteiger charge is -2.15. The van der Waals surface area contributed by atoms with Crippen LogP contribution in [-0.2, 0) is 19.4 Å². The van der Waals surface area contributed by atoms with Crippen molar-refractivity contribution in [3.63, 3.8) is 0 Å². The summed E-state index contributed by atoms with van der Waals surface area (Å²) in [7, 11) is -2.06. The molecule has 0 bridgehead atoms. The van der Waals surface area contributed by atoms with Crippen molar-refractivity contribution in [2.24, 2.45) is 0 Å². The number of hydrogen-bond donors (Lipinski definition) is 1. The maximum atomic E-state index is 12.3. The lowest BCUT2D eigenvalue weighted by atomic mass is 10.2. The number of nitrogens with one attached hydrogen (secondary N) is 1. The molecule has 0 spiro atoms. The molecule has 2 aromatic carbocycles. The molecule has 2 aromatic rings. The zero-order valence-electron chi connectivity index (χ0n) is 14.9. The third-order valence-corrected chi connectivity index (χ3v) is 5.04. The molecule has 0 aromatic heterocycles. The summed E-state index contributed by atoms with van der Waals surface area (Å²) in [4.78, 5) is 24.5. The molecule has 0 aliphatic rings. The molecule has 0 heterocycles. The molecule has 1 amide bonds. The first-order chi connectivity index (χ1) is 12.6. The van der Waals surface area contributed by atoms with E-state index in [0.717, 1.165) is 12.3 Å². The van der Waals surface area contributed by atoms with Crippen molar-refractivity contribution in [1.29, 1.82) is 0 Å². The van der Waals surface area contributed by atoms with E-state index in [1.807, 2.05) is 0 Å². The van der Waals surface area contributed by atoms with Crippen LogP contribution in [0.25, 0.3) is 0 Å². The van der Waals surface area contributed by atoms with Crippen LogP contribution in [0, 0.1) is 0 Å². The second-order valence-electron chi connectivity index (χ2n) is 5.65. The molecule has 0 saturated heterocycles. The number of sulfone groups is 1. The molecule has 1 atom stereocenters. The Morgan fingerprint density at radius 2 is 1.81 bits per heavy atom. The van der Waals surface area contributed by atoms with Crippen LogP contribution in [0.5, 0.6) is 5.75 Å². The van der Waals surface area contributed by atoms with Crippen molar-refractivity contribution < 1.29 is 27.5 Å². The topological polar surface area (TPSA) is 98.8 Å². The van der Waals surface area contributed by atoms with Crippen LogP contribution in [-0.4, -0.2) is 39.8 Å². The molecule has 0 radical (unpaired) electrons. The summed E-state index contributed by atoms with van der Waals surface area (Å²) >= 11 is 5.96. The van der Waals surface area contributed by atoms with Crippen LogP contribution in [0.2, 0.25) is 5.02 Å². The number of para-hydroxylation sites is 2. The third-order valence-electron chi connectivity index (χ3n) is 3.60. The lowest BCUT2D eigenvalue weighted by Crippen LogP contribution is -2.30. The predicted octanol–water partition coefficient (Wildman–Crippen LogP) is 2.94. The second-order valence-corrected chi connectivity index (χ2v) is 8.07. The smallest absolute Gasteiger partial charge is 0.340 e. The summed E-state index contributed by atoms with van der Waals surface area (Å²) in [5.74, 6) is -1.04. The molecule has 0 aliphatic carbocycles. The molecule has 0 saturated carbocycles. The van der Waals surface area contributed by atoms with E-state index in [4.69, 9.17) is 21.1 Å². The molecular weight excluding hydrogens is 394 g/mol. The van der Waals surface area contributed by atoms with Gasteiger partial charge in [-0.05, 0) is 37.3 Å². The maximum Gasteiger partial charge on any atom is 0.340 e.